The molecule has 0 unspecified atom stereocenters. The number of carbonyl (C=O) groups is 1. The van der Waals surface area contributed by atoms with Crippen LogP contribution in [0.5, 0.6) is 0 Å². The lowest BCUT2D eigenvalue weighted by molar-refractivity contribution is 0.249. The van der Waals surface area contributed by atoms with Gasteiger partial charge < -0.3 is 11.1 Å². The van der Waals surface area contributed by atoms with Crippen molar-refractivity contribution in [3.05, 3.63) is 71.8 Å². The molecule has 0 fully saturated rings. The molecule has 0 spiro atoms. The summed E-state index contributed by atoms with van der Waals surface area (Å²) in [4.78, 5) is 11.1. The number of benzene rings is 2. The van der Waals surface area contributed by atoms with Gasteiger partial charge in [0, 0.05) is 0 Å². The zero-order chi connectivity index (χ0) is 13.2. The van der Waals surface area contributed by atoms with Gasteiger partial charge in [-0.3, -0.25) is 0 Å². The molecule has 0 radical (unpaired) electrons. The zero-order valence-corrected chi connectivity index (χ0v) is 10.3. The number of hydrogen-bond donors (Lipinski definition) is 2. The van der Waals surface area contributed by atoms with Crippen LogP contribution in [-0.2, 0) is 0 Å². The molecule has 2 aromatic carbocycles. The summed E-state index contributed by atoms with van der Waals surface area (Å²) < 4.78 is 0. The summed E-state index contributed by atoms with van der Waals surface area (Å²) >= 11 is 0. The van der Waals surface area contributed by atoms with Gasteiger partial charge in [0.15, 0.2) is 0 Å². The van der Waals surface area contributed by atoms with E-state index < -0.39 is 6.03 Å². The summed E-state index contributed by atoms with van der Waals surface area (Å²) in [5.41, 5.74) is 9.78. The lowest BCUT2D eigenvalue weighted by Gasteiger charge is -2.02. The Hall–Kier alpha value is -2.55. The Morgan fingerprint density at radius 1 is 0.842 bits per heavy atom. The Kier molecular flexibility index (Phi) is 2.80. The van der Waals surface area contributed by atoms with Crippen LogP contribution < -0.4 is 11.1 Å². The van der Waals surface area contributed by atoms with Gasteiger partial charge in [0.2, 0.25) is 0 Å². The van der Waals surface area contributed by atoms with E-state index in [1.807, 2.05) is 60.7 Å². The average molecular weight is 250 g/mol. The maximum Gasteiger partial charge on any atom is 0.312 e. The molecule has 0 saturated carbocycles. The first kappa shape index (κ1) is 11.5. The summed E-state index contributed by atoms with van der Waals surface area (Å²) in [6, 6.07) is 19.5. The highest BCUT2D eigenvalue weighted by Crippen LogP contribution is 2.46. The van der Waals surface area contributed by atoms with Crippen LogP contribution in [0.1, 0.15) is 11.1 Å². The number of nitrogens with two attached hydrogens (primary N) is 1. The molecule has 0 aliphatic heterocycles. The highest BCUT2D eigenvalue weighted by atomic mass is 16.2. The second-order valence-electron chi connectivity index (χ2n) is 4.50. The van der Waals surface area contributed by atoms with E-state index >= 15 is 0 Å². The van der Waals surface area contributed by atoms with Crippen molar-refractivity contribution in [2.75, 3.05) is 0 Å². The van der Waals surface area contributed by atoms with Gasteiger partial charge in [-0.05, 0) is 22.3 Å². The molecule has 19 heavy (non-hydrogen) atoms. The minimum absolute atomic E-state index is 0.0673. The summed E-state index contributed by atoms with van der Waals surface area (Å²) in [6.07, 6.45) is 0. The standard InChI is InChI=1S/C16H14N2O/c17-16(19)18-15-13(11-7-3-1-4-8-11)14(15)12-9-5-2-6-10-12/h1-10,15H,(H3,17,18,19). The van der Waals surface area contributed by atoms with Crippen molar-refractivity contribution >= 4 is 17.2 Å². The molecule has 3 rings (SSSR count). The van der Waals surface area contributed by atoms with Crippen LogP contribution in [0.2, 0.25) is 0 Å². The predicted molar refractivity (Wildman–Crippen MR) is 76.2 cm³/mol. The van der Waals surface area contributed by atoms with Crippen LogP contribution in [0.15, 0.2) is 60.7 Å². The van der Waals surface area contributed by atoms with Gasteiger partial charge in [0.05, 0.1) is 6.04 Å². The molecule has 3 heteroatoms. The number of urea groups is 1. The first-order chi connectivity index (χ1) is 9.27. The van der Waals surface area contributed by atoms with Crippen LogP contribution in [-0.4, -0.2) is 12.1 Å². The first-order valence-corrected chi connectivity index (χ1v) is 6.18. The summed E-state index contributed by atoms with van der Waals surface area (Å²) in [7, 11) is 0. The molecule has 3 N–H and O–H groups in total. The molecular weight excluding hydrogens is 236 g/mol. The van der Waals surface area contributed by atoms with E-state index in [1.165, 1.54) is 0 Å². The third-order valence-electron chi connectivity index (χ3n) is 3.24. The van der Waals surface area contributed by atoms with Crippen LogP contribution in [0, 0.1) is 0 Å². The lowest BCUT2D eigenvalue weighted by atomic mass is 10.1. The number of carbonyl (C=O) groups excluding carboxylic acids is 1. The predicted octanol–water partition coefficient (Wildman–Crippen LogP) is 2.65. The van der Waals surface area contributed by atoms with Crippen molar-refractivity contribution in [1.82, 2.24) is 5.32 Å². The van der Waals surface area contributed by atoms with Gasteiger partial charge in [0.25, 0.3) is 0 Å². The first-order valence-electron chi connectivity index (χ1n) is 6.18. The minimum Gasteiger partial charge on any atom is -0.352 e. The van der Waals surface area contributed by atoms with Crippen LogP contribution in [0.25, 0.3) is 11.1 Å². The van der Waals surface area contributed by atoms with Crippen LogP contribution >= 0.6 is 0 Å². The van der Waals surface area contributed by atoms with Crippen molar-refractivity contribution < 1.29 is 4.79 Å². The van der Waals surface area contributed by atoms with E-state index in [0.29, 0.717) is 0 Å². The topological polar surface area (TPSA) is 55.1 Å². The fraction of sp³-hybridized carbons (Fsp3) is 0.0625. The Morgan fingerprint density at radius 3 is 1.63 bits per heavy atom. The molecule has 1 aliphatic carbocycles. The Morgan fingerprint density at radius 2 is 1.26 bits per heavy atom. The second-order valence-corrected chi connectivity index (χ2v) is 4.50. The molecule has 0 saturated heterocycles. The van der Waals surface area contributed by atoms with E-state index in [0.717, 1.165) is 22.3 Å². The molecule has 2 amide bonds. The van der Waals surface area contributed by atoms with Gasteiger partial charge in [-0.2, -0.15) is 0 Å². The van der Waals surface area contributed by atoms with E-state index in [-0.39, 0.29) is 6.04 Å². The quantitative estimate of drug-likeness (QED) is 0.864. The van der Waals surface area contributed by atoms with Gasteiger partial charge in [0.1, 0.15) is 0 Å². The number of nitrogens with one attached hydrogen (secondary N) is 1. The number of rotatable bonds is 3. The highest BCUT2D eigenvalue weighted by molar-refractivity contribution is 6.15. The fourth-order valence-corrected chi connectivity index (χ4v) is 2.39. The van der Waals surface area contributed by atoms with Crippen molar-refractivity contribution in [3.8, 4) is 0 Å². The Bertz CT molecular complexity index is 583. The molecule has 0 atom stereocenters. The van der Waals surface area contributed by atoms with Crippen LogP contribution in [0.4, 0.5) is 4.79 Å². The van der Waals surface area contributed by atoms with E-state index in [9.17, 15) is 4.79 Å². The smallest absolute Gasteiger partial charge is 0.312 e. The maximum absolute atomic E-state index is 11.1. The highest BCUT2D eigenvalue weighted by Gasteiger charge is 2.38. The summed E-state index contributed by atoms with van der Waals surface area (Å²) in [5.74, 6) is 0. The number of amides is 2. The van der Waals surface area contributed by atoms with Crippen molar-refractivity contribution in [2.45, 2.75) is 6.04 Å². The maximum atomic E-state index is 11.1. The minimum atomic E-state index is -0.496. The SMILES string of the molecule is NC(=O)NC1C(c2ccccc2)=C1c1ccccc1. The van der Waals surface area contributed by atoms with Gasteiger partial charge in [-0.25, -0.2) is 4.79 Å². The van der Waals surface area contributed by atoms with Gasteiger partial charge in [-0.15, -0.1) is 0 Å². The monoisotopic (exact) mass is 250 g/mol. The Balaban J connectivity index is 1.98. The number of primary amides is 1. The Labute approximate surface area is 111 Å². The van der Waals surface area contributed by atoms with Gasteiger partial charge >= 0.3 is 6.03 Å². The molecule has 0 heterocycles. The average Bonchev–Trinajstić information content (AvgIpc) is 3.14. The van der Waals surface area contributed by atoms with Crippen LogP contribution in [0.3, 0.4) is 0 Å². The molecule has 0 bridgehead atoms. The van der Waals surface area contributed by atoms with Crippen molar-refractivity contribution in [1.29, 1.82) is 0 Å². The van der Waals surface area contributed by atoms with E-state index in [1.54, 1.807) is 0 Å². The largest absolute Gasteiger partial charge is 0.352 e. The third-order valence-corrected chi connectivity index (χ3v) is 3.24. The van der Waals surface area contributed by atoms with E-state index in [4.69, 9.17) is 5.73 Å². The normalized spacial score (nSPS) is 14.3. The van der Waals surface area contributed by atoms with Gasteiger partial charge in [-0.1, -0.05) is 60.7 Å². The summed E-state index contributed by atoms with van der Waals surface area (Å²) in [5, 5.41) is 2.78. The molecule has 2 aromatic rings. The van der Waals surface area contributed by atoms with E-state index in [2.05, 4.69) is 5.32 Å². The summed E-state index contributed by atoms with van der Waals surface area (Å²) in [6.45, 7) is 0. The molecule has 3 nitrogen and oxygen atoms in total. The van der Waals surface area contributed by atoms with Crippen molar-refractivity contribution in [2.24, 2.45) is 5.73 Å². The second kappa shape index (κ2) is 4.61. The zero-order valence-electron chi connectivity index (χ0n) is 10.3. The number of hydrogen-bond acceptors (Lipinski definition) is 1. The molecule has 0 aromatic heterocycles. The van der Waals surface area contributed by atoms with Crippen molar-refractivity contribution in [3.63, 3.8) is 0 Å². The third kappa shape index (κ3) is 2.22. The molecule has 94 valence electrons. The molecule has 1 aliphatic rings. The fourth-order valence-electron chi connectivity index (χ4n) is 2.39. The lowest BCUT2D eigenvalue weighted by Crippen LogP contribution is -2.33. The molecular formula is C16H14N2O.